The van der Waals surface area contributed by atoms with Crippen LogP contribution in [0.3, 0.4) is 0 Å². The minimum atomic E-state index is -1.44. The van der Waals surface area contributed by atoms with E-state index in [9.17, 15) is 14.4 Å². The first-order valence-electron chi connectivity index (χ1n) is 18.3. The maximum absolute atomic E-state index is 13.1. The van der Waals surface area contributed by atoms with E-state index >= 15 is 0 Å². The molecule has 54 heavy (non-hydrogen) atoms. The number of anilines is 2. The van der Waals surface area contributed by atoms with E-state index in [1.807, 2.05) is 47.9 Å². The van der Waals surface area contributed by atoms with Gasteiger partial charge in [-0.3, -0.25) is 23.9 Å². The lowest BCUT2D eigenvalue weighted by Crippen LogP contribution is -2.65. The molecule has 3 aromatic rings. The van der Waals surface area contributed by atoms with Crippen molar-refractivity contribution in [3.63, 3.8) is 0 Å². The van der Waals surface area contributed by atoms with E-state index in [2.05, 4.69) is 20.9 Å². The normalized spacial score (nSPS) is 17.8. The highest BCUT2D eigenvalue weighted by Crippen LogP contribution is 2.45. The summed E-state index contributed by atoms with van der Waals surface area (Å²) in [7, 11) is 18.8. The number of para-hydroxylation sites is 1. The second kappa shape index (κ2) is 14.4. The Morgan fingerprint density at radius 1 is 1.09 bits per heavy atom. The van der Waals surface area contributed by atoms with Crippen LogP contribution in [0.5, 0.6) is 0 Å². The van der Waals surface area contributed by atoms with Crippen molar-refractivity contribution in [3.05, 3.63) is 83.0 Å². The Kier molecular flexibility index (Phi) is 9.85. The van der Waals surface area contributed by atoms with Crippen molar-refractivity contribution in [1.82, 2.24) is 30.2 Å². The molecule has 2 aliphatic heterocycles. The largest absolute Gasteiger partial charge is 0.393 e. The summed E-state index contributed by atoms with van der Waals surface area (Å²) in [6.07, 6.45) is 6.83. The maximum Gasteiger partial charge on any atom is 0.323 e. The lowest BCUT2D eigenvalue weighted by atomic mass is 9.57. The summed E-state index contributed by atoms with van der Waals surface area (Å²) in [6.45, 7) is 3.99. The first kappa shape index (κ1) is 36.9. The number of hydrogen-bond acceptors (Lipinski definition) is 10. The molecule has 278 valence electrons. The molecule has 4 aliphatic rings. The number of aromatic nitrogens is 3. The van der Waals surface area contributed by atoms with E-state index < -0.39 is 11.2 Å². The molecule has 1 saturated heterocycles. The molecule has 7 rings (SSSR count). The van der Waals surface area contributed by atoms with Crippen LogP contribution in [-0.4, -0.2) is 99.9 Å². The van der Waals surface area contributed by atoms with Gasteiger partial charge in [0, 0.05) is 85.1 Å². The van der Waals surface area contributed by atoms with Gasteiger partial charge in [0.2, 0.25) is 11.6 Å². The molecule has 2 aliphatic carbocycles. The summed E-state index contributed by atoms with van der Waals surface area (Å²) in [4.78, 5) is 49.9. The van der Waals surface area contributed by atoms with Gasteiger partial charge in [-0.2, -0.15) is 5.10 Å². The molecule has 0 bridgehead atoms. The molecule has 0 spiro atoms. The third-order valence-electron chi connectivity index (χ3n) is 10.5. The second-order valence-electron chi connectivity index (χ2n) is 14.5. The number of pyridine rings is 1. The summed E-state index contributed by atoms with van der Waals surface area (Å²) in [5, 5.41) is 12.4. The number of hydrogen-bond donors (Lipinski definition) is 5. The molecular weight excluding hydrogens is 684 g/mol. The Hall–Kier alpha value is -5.44. The maximum atomic E-state index is 13.1. The summed E-state index contributed by atoms with van der Waals surface area (Å²) in [6, 6.07) is 11.1. The molecule has 0 atom stereocenters. The van der Waals surface area contributed by atoms with Crippen LogP contribution in [0.2, 0.25) is 0 Å². The lowest BCUT2D eigenvalue weighted by molar-refractivity contribution is -0.893. The Morgan fingerprint density at radius 3 is 2.48 bits per heavy atom. The average molecular weight is 730 g/mol. The van der Waals surface area contributed by atoms with Crippen LogP contribution in [0.25, 0.3) is 11.1 Å². The van der Waals surface area contributed by atoms with E-state index in [0.29, 0.717) is 43.3 Å². The fraction of sp³-hybridized carbons (Fsp3) is 0.432. The first-order chi connectivity index (χ1) is 25.8. The van der Waals surface area contributed by atoms with E-state index in [1.54, 1.807) is 30.1 Å². The Morgan fingerprint density at radius 2 is 1.81 bits per heavy atom. The predicted octanol–water partition coefficient (Wildman–Crippen LogP) is 0.129. The predicted molar refractivity (Wildman–Crippen MR) is 204 cm³/mol. The number of benzene rings is 1. The van der Waals surface area contributed by atoms with Gasteiger partial charge >= 0.3 is 11.6 Å². The number of likely N-dealkylation sites (tertiary alicyclic amines) is 1. The summed E-state index contributed by atoms with van der Waals surface area (Å²) < 4.78 is 3.43. The van der Waals surface area contributed by atoms with Crippen molar-refractivity contribution in [3.8, 4) is 11.1 Å². The highest BCUT2D eigenvalue weighted by Gasteiger charge is 2.46. The van der Waals surface area contributed by atoms with E-state index in [0.717, 1.165) is 48.2 Å². The minimum Gasteiger partial charge on any atom is -0.393 e. The molecule has 17 heteroatoms. The summed E-state index contributed by atoms with van der Waals surface area (Å²) >= 11 is 0. The summed E-state index contributed by atoms with van der Waals surface area (Å²) in [5.74, 6) is -0.719. The van der Waals surface area contributed by atoms with Crippen LogP contribution in [-0.2, 0) is 21.5 Å². The van der Waals surface area contributed by atoms with E-state index in [4.69, 9.17) is 37.1 Å². The number of carbonyl (C=O) groups is 3. The van der Waals surface area contributed by atoms with Gasteiger partial charge in [-0.05, 0) is 44.7 Å². The van der Waals surface area contributed by atoms with Gasteiger partial charge in [0.25, 0.3) is 5.91 Å². The van der Waals surface area contributed by atoms with Crippen molar-refractivity contribution in [2.75, 3.05) is 51.1 Å². The second-order valence-corrected chi connectivity index (χ2v) is 14.5. The zero-order valence-electron chi connectivity index (χ0n) is 31.1. The topological polar surface area (TPSA) is 180 Å². The Balaban J connectivity index is 1.13. The smallest absolute Gasteiger partial charge is 0.323 e. The summed E-state index contributed by atoms with van der Waals surface area (Å²) in [5.41, 5.74) is 18.2. The Bertz CT molecular complexity index is 2050. The van der Waals surface area contributed by atoms with Crippen LogP contribution in [0.1, 0.15) is 60.5 Å². The molecule has 2 saturated carbocycles. The quantitative estimate of drug-likeness (QED) is 0.0703. The number of amides is 3. The van der Waals surface area contributed by atoms with Crippen LogP contribution in [0.4, 0.5) is 11.4 Å². The third-order valence-corrected chi connectivity index (χ3v) is 10.5. The van der Waals surface area contributed by atoms with Crippen LogP contribution in [0.15, 0.2) is 65.9 Å². The zero-order valence-corrected chi connectivity index (χ0v) is 31.1. The standard InChI is InChI=1S/C37H45B2N11O4/c1-5-46(2)36(53)28-10-7-11-30(50(28)54-4)37(38,39)48-18-23(19-48)49-29-20-47(3)33-24(25(29)17-42-49)8-6-9-26(33)44-27(32(41)35(52)43-22-14-15-22)16-31(40)45-34(51)21-12-13-21/h6-11,16-17,21-23,41H,5,12-15,18-20H2,1-4H3,(H5,40,43,44,45,51,52,53)/p+1. The number of nitrogens with two attached hydrogens (primary N) is 2. The van der Waals surface area contributed by atoms with Gasteiger partial charge in [0.15, 0.2) is 0 Å². The van der Waals surface area contributed by atoms with Gasteiger partial charge < -0.3 is 42.1 Å². The molecule has 4 heterocycles. The molecule has 7 N–H and O–H groups in total. The average Bonchev–Trinajstić information content (AvgIpc) is 4.08. The van der Waals surface area contributed by atoms with Crippen molar-refractivity contribution >= 4 is 44.8 Å². The molecule has 2 aromatic heterocycles. The van der Waals surface area contributed by atoms with Gasteiger partial charge in [0.05, 0.1) is 57.2 Å². The van der Waals surface area contributed by atoms with Crippen LogP contribution >= 0.6 is 0 Å². The molecule has 3 amide bonds. The number of carbonyl (C=O) groups excluding carboxylic acids is 3. The molecule has 0 unspecified atom stereocenters. The first-order valence-corrected chi connectivity index (χ1v) is 18.3. The number of rotatable bonds is 13. The SMILES string of the molecule is [B]C([B])(c1cccc(C(=O)N(C)CC)[n+]1OC)N1CC(n2ncc3c2CN(C)c2c(NC(/C=C(\N)NC(=O)C4CC4)=C(/N)C(=O)NC4CC4)cccc2-3)C1. The van der Waals surface area contributed by atoms with Gasteiger partial charge in [-0.25, -0.2) is 0 Å². The van der Waals surface area contributed by atoms with E-state index in [-0.39, 0.29) is 47.0 Å². The fourth-order valence-corrected chi connectivity index (χ4v) is 6.94. The van der Waals surface area contributed by atoms with Gasteiger partial charge in [-0.15, -0.1) is 0 Å². The highest BCUT2D eigenvalue weighted by atomic mass is 16.6. The number of allylic oxidation sites excluding steroid dienone is 1. The number of nitrogens with one attached hydrogen (secondary N) is 3. The minimum absolute atomic E-state index is 0.0122. The van der Waals surface area contributed by atoms with Crippen LogP contribution in [0, 0.1) is 5.92 Å². The molecular formula is C37H46B2N11O4+. The van der Waals surface area contributed by atoms with Crippen LogP contribution < -0.4 is 41.9 Å². The van der Waals surface area contributed by atoms with Gasteiger partial charge in [0.1, 0.15) is 18.6 Å². The fourth-order valence-electron chi connectivity index (χ4n) is 6.94. The number of nitrogens with zero attached hydrogens (tertiary/aromatic N) is 6. The monoisotopic (exact) mass is 730 g/mol. The lowest BCUT2D eigenvalue weighted by Gasteiger charge is -2.48. The Labute approximate surface area is 317 Å². The molecule has 1 aromatic carbocycles. The van der Waals surface area contributed by atoms with Crippen molar-refractivity contribution < 1.29 is 24.0 Å². The molecule has 3 fully saturated rings. The zero-order chi connectivity index (χ0) is 38.5. The van der Waals surface area contributed by atoms with E-state index in [1.165, 1.54) is 17.9 Å². The van der Waals surface area contributed by atoms with Crippen molar-refractivity contribution in [1.29, 1.82) is 0 Å². The third kappa shape index (κ3) is 6.99. The van der Waals surface area contributed by atoms with Crippen molar-refractivity contribution in [2.24, 2.45) is 17.4 Å². The van der Waals surface area contributed by atoms with Crippen molar-refractivity contribution in [2.45, 2.75) is 56.6 Å². The number of fused-ring (bicyclic) bond motifs is 3. The highest BCUT2D eigenvalue weighted by molar-refractivity contribution is 6.39. The molecule has 15 nitrogen and oxygen atoms in total. The van der Waals surface area contributed by atoms with Gasteiger partial charge in [-0.1, -0.05) is 12.1 Å². The molecule has 4 radical (unpaired) electrons.